The monoisotopic (exact) mass is 448 g/mol. The average Bonchev–Trinajstić information content (AvgIpc) is 3.08. The van der Waals surface area contributed by atoms with Crippen molar-refractivity contribution < 1.29 is 24.3 Å². The van der Waals surface area contributed by atoms with Crippen molar-refractivity contribution in [2.24, 2.45) is 0 Å². The van der Waals surface area contributed by atoms with E-state index >= 15 is 0 Å². The van der Waals surface area contributed by atoms with E-state index in [-0.39, 0.29) is 11.3 Å². The Bertz CT molecular complexity index is 1030. The second-order valence-electron chi connectivity index (χ2n) is 9.27. The first kappa shape index (κ1) is 23.2. The van der Waals surface area contributed by atoms with Crippen LogP contribution in [0, 0.1) is 6.92 Å². The molecule has 0 saturated carbocycles. The zero-order valence-corrected chi connectivity index (χ0v) is 19.6. The Balaban J connectivity index is 1.73. The number of quaternary nitrogens is 1. The molecule has 0 bridgehead atoms. The normalized spacial score (nSPS) is 21.2. The van der Waals surface area contributed by atoms with Crippen molar-refractivity contribution in [3.63, 3.8) is 0 Å². The van der Waals surface area contributed by atoms with Gasteiger partial charge >= 0.3 is 0 Å². The standard InChI is InChI=1S/C27H32N2O4/c1-18(2)20-8-10-21(11-9-20)24-23(25(30)22-6-4-19(3)5-7-22)26(31)27(32)29(24)13-12-28-14-16-33-17-15-28/h4-11,18,24,30H,12-17H2,1-3H3/b25-23+. The zero-order chi connectivity index (χ0) is 23.5. The van der Waals surface area contributed by atoms with Crippen LogP contribution in [0.25, 0.3) is 5.76 Å². The number of ketones is 1. The molecule has 0 spiro atoms. The van der Waals surface area contributed by atoms with Crippen LogP contribution in [-0.4, -0.2) is 56.0 Å². The summed E-state index contributed by atoms with van der Waals surface area (Å²) in [7, 11) is 0. The highest BCUT2D eigenvalue weighted by atomic mass is 16.5. The summed E-state index contributed by atoms with van der Waals surface area (Å²) in [5.41, 5.74) is 3.48. The van der Waals surface area contributed by atoms with Gasteiger partial charge in [0.2, 0.25) is 5.78 Å². The molecule has 2 aromatic rings. The molecule has 33 heavy (non-hydrogen) atoms. The van der Waals surface area contributed by atoms with Crippen LogP contribution in [0.5, 0.6) is 0 Å². The molecule has 1 unspecified atom stereocenters. The van der Waals surface area contributed by atoms with E-state index in [9.17, 15) is 14.7 Å². The number of carbonyl (C=O) groups is 2. The third-order valence-electron chi connectivity index (χ3n) is 6.67. The third-order valence-corrected chi connectivity index (χ3v) is 6.67. The lowest BCUT2D eigenvalue weighted by atomic mass is 9.93. The quantitative estimate of drug-likeness (QED) is 0.410. The number of likely N-dealkylation sites (tertiary alicyclic amines) is 1. The van der Waals surface area contributed by atoms with Crippen LogP contribution in [0.1, 0.15) is 48.1 Å². The van der Waals surface area contributed by atoms with Gasteiger partial charge in [-0.25, -0.2) is 0 Å². The molecule has 1 amide bonds. The summed E-state index contributed by atoms with van der Waals surface area (Å²) in [6.45, 7) is 10.5. The SMILES string of the molecule is Cc1ccc(/C([O-])=C2\C(=O)C(=O)N(CC[NH+]3CCOCC3)C2c2ccc(C(C)C)cc2)cc1. The number of Topliss-reactive ketones (excluding diaryl/α,β-unsaturated/α-hetero) is 1. The van der Waals surface area contributed by atoms with Gasteiger partial charge in [0.1, 0.15) is 13.1 Å². The first-order valence-corrected chi connectivity index (χ1v) is 11.7. The summed E-state index contributed by atoms with van der Waals surface area (Å²) in [5.74, 6) is -1.27. The molecule has 174 valence electrons. The maximum atomic E-state index is 13.5. The van der Waals surface area contributed by atoms with Gasteiger partial charge in [-0.05, 0) is 29.5 Å². The van der Waals surface area contributed by atoms with Crippen LogP contribution in [0.3, 0.4) is 0 Å². The van der Waals surface area contributed by atoms with Crippen molar-refractivity contribution in [3.8, 4) is 0 Å². The van der Waals surface area contributed by atoms with E-state index in [1.165, 1.54) is 10.5 Å². The topological polar surface area (TPSA) is 74.1 Å². The third kappa shape index (κ3) is 4.87. The molecule has 0 aliphatic carbocycles. The fraction of sp³-hybridized carbons (Fsp3) is 0.407. The number of hydrogen-bond acceptors (Lipinski definition) is 4. The van der Waals surface area contributed by atoms with Crippen LogP contribution in [0.15, 0.2) is 54.1 Å². The van der Waals surface area contributed by atoms with Crippen LogP contribution in [-0.2, 0) is 14.3 Å². The smallest absolute Gasteiger partial charge is 0.295 e. The highest BCUT2D eigenvalue weighted by Gasteiger charge is 2.44. The van der Waals surface area contributed by atoms with Gasteiger partial charge < -0.3 is 19.6 Å². The van der Waals surface area contributed by atoms with E-state index in [4.69, 9.17) is 4.74 Å². The molecule has 2 fully saturated rings. The van der Waals surface area contributed by atoms with E-state index < -0.39 is 17.7 Å². The van der Waals surface area contributed by atoms with Gasteiger partial charge in [0.25, 0.3) is 5.91 Å². The van der Waals surface area contributed by atoms with E-state index in [0.29, 0.717) is 31.2 Å². The first-order chi connectivity index (χ1) is 15.9. The Kier molecular flexibility index (Phi) is 6.96. The van der Waals surface area contributed by atoms with Gasteiger partial charge in [0.05, 0.1) is 32.3 Å². The minimum atomic E-state index is -0.685. The summed E-state index contributed by atoms with van der Waals surface area (Å²) < 4.78 is 5.43. The molecule has 6 heteroatoms. The summed E-state index contributed by atoms with van der Waals surface area (Å²) in [5, 5.41) is 13.5. The lowest BCUT2D eigenvalue weighted by Crippen LogP contribution is -3.14. The summed E-state index contributed by atoms with van der Waals surface area (Å²) in [4.78, 5) is 29.2. The Morgan fingerprint density at radius 2 is 1.70 bits per heavy atom. The Labute approximate surface area is 195 Å². The minimum Gasteiger partial charge on any atom is -0.872 e. The number of rotatable bonds is 6. The van der Waals surface area contributed by atoms with E-state index in [0.717, 1.165) is 30.8 Å². The van der Waals surface area contributed by atoms with E-state index in [1.54, 1.807) is 17.0 Å². The summed E-state index contributed by atoms with van der Waals surface area (Å²) in [6.07, 6.45) is 0. The molecular weight excluding hydrogens is 416 g/mol. The number of nitrogens with one attached hydrogen (secondary N) is 1. The van der Waals surface area contributed by atoms with Gasteiger partial charge in [0, 0.05) is 5.57 Å². The molecule has 2 aliphatic heterocycles. The lowest BCUT2D eigenvalue weighted by molar-refractivity contribution is -0.907. The molecule has 4 rings (SSSR count). The number of aryl methyl sites for hydroxylation is 1. The van der Waals surface area contributed by atoms with Crippen LogP contribution >= 0.6 is 0 Å². The number of ether oxygens (including phenoxy) is 1. The number of nitrogens with zero attached hydrogens (tertiary/aromatic N) is 1. The molecule has 2 aromatic carbocycles. The predicted molar refractivity (Wildman–Crippen MR) is 124 cm³/mol. The highest BCUT2D eigenvalue weighted by molar-refractivity contribution is 6.46. The van der Waals surface area contributed by atoms with Crippen molar-refractivity contribution in [1.82, 2.24) is 4.90 Å². The van der Waals surface area contributed by atoms with E-state index in [2.05, 4.69) is 13.8 Å². The number of benzene rings is 2. The van der Waals surface area contributed by atoms with Crippen molar-refractivity contribution in [3.05, 3.63) is 76.4 Å². The van der Waals surface area contributed by atoms with Crippen LogP contribution in [0.2, 0.25) is 0 Å². The molecule has 1 N–H and O–H groups in total. The molecule has 2 saturated heterocycles. The molecule has 0 radical (unpaired) electrons. The van der Waals surface area contributed by atoms with Crippen molar-refractivity contribution in [2.75, 3.05) is 39.4 Å². The van der Waals surface area contributed by atoms with Gasteiger partial charge in [0.15, 0.2) is 0 Å². The molecule has 0 aromatic heterocycles. The molecular formula is C27H32N2O4. The lowest BCUT2D eigenvalue weighted by Gasteiger charge is -2.30. The van der Waals surface area contributed by atoms with Crippen molar-refractivity contribution in [2.45, 2.75) is 32.7 Å². The van der Waals surface area contributed by atoms with Gasteiger partial charge in [-0.2, -0.15) is 0 Å². The number of hydrogen-bond donors (Lipinski definition) is 1. The maximum Gasteiger partial charge on any atom is 0.295 e. The highest BCUT2D eigenvalue weighted by Crippen LogP contribution is 2.38. The first-order valence-electron chi connectivity index (χ1n) is 11.7. The van der Waals surface area contributed by atoms with E-state index in [1.807, 2.05) is 43.3 Å². The fourth-order valence-corrected chi connectivity index (χ4v) is 4.56. The molecule has 1 atom stereocenters. The van der Waals surface area contributed by atoms with Crippen LogP contribution < -0.4 is 10.0 Å². The largest absolute Gasteiger partial charge is 0.872 e. The Morgan fingerprint density at radius 1 is 1.06 bits per heavy atom. The molecule has 2 heterocycles. The average molecular weight is 449 g/mol. The minimum absolute atomic E-state index is 0.0538. The molecule has 6 nitrogen and oxygen atoms in total. The number of morpholine rings is 1. The Morgan fingerprint density at radius 3 is 2.30 bits per heavy atom. The number of carbonyl (C=O) groups excluding carboxylic acids is 2. The van der Waals surface area contributed by atoms with Gasteiger partial charge in [-0.15, -0.1) is 0 Å². The molecule has 2 aliphatic rings. The second-order valence-corrected chi connectivity index (χ2v) is 9.27. The van der Waals surface area contributed by atoms with Crippen molar-refractivity contribution in [1.29, 1.82) is 0 Å². The second kappa shape index (κ2) is 9.89. The van der Waals surface area contributed by atoms with Crippen molar-refractivity contribution >= 4 is 17.4 Å². The van der Waals surface area contributed by atoms with Gasteiger partial charge in [-0.3, -0.25) is 9.59 Å². The summed E-state index contributed by atoms with van der Waals surface area (Å²) in [6, 6.07) is 14.4. The van der Waals surface area contributed by atoms with Gasteiger partial charge in [-0.1, -0.05) is 73.7 Å². The number of amides is 1. The predicted octanol–water partition coefficient (Wildman–Crippen LogP) is 1.26. The van der Waals surface area contributed by atoms with Crippen LogP contribution in [0.4, 0.5) is 0 Å². The maximum absolute atomic E-state index is 13.5. The fourth-order valence-electron chi connectivity index (χ4n) is 4.56. The summed E-state index contributed by atoms with van der Waals surface area (Å²) >= 11 is 0. The Hall–Kier alpha value is -2.96. The zero-order valence-electron chi connectivity index (χ0n) is 19.6.